The van der Waals surface area contributed by atoms with Gasteiger partial charge in [0, 0.05) is 19.7 Å². The Morgan fingerprint density at radius 3 is 2.31 bits per heavy atom. The molecule has 1 amide bonds. The molecule has 2 aromatic carbocycles. The van der Waals surface area contributed by atoms with Crippen LogP contribution in [0.1, 0.15) is 5.56 Å². The van der Waals surface area contributed by atoms with Crippen LogP contribution in [0.15, 0.2) is 53.4 Å². The predicted octanol–water partition coefficient (Wildman–Crippen LogP) is 1.64. The summed E-state index contributed by atoms with van der Waals surface area (Å²) in [4.78, 5) is 12.1. The molecule has 7 nitrogen and oxygen atoms in total. The summed E-state index contributed by atoms with van der Waals surface area (Å²) in [6, 6.07) is 13.7. The first-order valence-electron chi connectivity index (χ1n) is 7.87. The Morgan fingerprint density at radius 2 is 1.69 bits per heavy atom. The highest BCUT2D eigenvalue weighted by Crippen LogP contribution is 2.30. The molecule has 0 fully saturated rings. The van der Waals surface area contributed by atoms with Crippen molar-refractivity contribution >= 4 is 15.9 Å². The normalized spacial score (nSPS) is 11.2. The number of methoxy groups -OCH3 is 2. The second kappa shape index (κ2) is 8.68. The van der Waals surface area contributed by atoms with Crippen molar-refractivity contribution in [1.82, 2.24) is 9.62 Å². The van der Waals surface area contributed by atoms with E-state index in [4.69, 9.17) is 9.47 Å². The fraction of sp³-hybridized carbons (Fsp3) is 0.278. The van der Waals surface area contributed by atoms with Gasteiger partial charge in [-0.2, -0.15) is 4.31 Å². The number of nitrogens with zero attached hydrogens (tertiary/aromatic N) is 1. The van der Waals surface area contributed by atoms with Crippen molar-refractivity contribution in [1.29, 1.82) is 0 Å². The van der Waals surface area contributed by atoms with Gasteiger partial charge < -0.3 is 14.8 Å². The number of hydrogen-bond acceptors (Lipinski definition) is 5. The lowest BCUT2D eigenvalue weighted by molar-refractivity contribution is -0.121. The summed E-state index contributed by atoms with van der Waals surface area (Å²) in [5.74, 6) is 0.339. The minimum atomic E-state index is -3.84. The zero-order valence-electron chi connectivity index (χ0n) is 14.9. The maximum atomic E-state index is 12.7. The number of hydrogen-bond donors (Lipinski definition) is 1. The molecule has 0 aromatic heterocycles. The Balaban J connectivity index is 2.05. The molecule has 2 aromatic rings. The minimum absolute atomic E-state index is 0.0218. The lowest BCUT2D eigenvalue weighted by atomic mass is 10.2. The zero-order chi connectivity index (χ0) is 19.2. The topological polar surface area (TPSA) is 84.9 Å². The van der Waals surface area contributed by atoms with Crippen LogP contribution >= 0.6 is 0 Å². The summed E-state index contributed by atoms with van der Waals surface area (Å²) < 4.78 is 36.6. The van der Waals surface area contributed by atoms with Gasteiger partial charge in [0.2, 0.25) is 15.9 Å². The van der Waals surface area contributed by atoms with Crippen LogP contribution in [-0.2, 0) is 21.4 Å². The fourth-order valence-corrected chi connectivity index (χ4v) is 3.44. The molecule has 0 spiro atoms. The first-order chi connectivity index (χ1) is 12.4. The predicted molar refractivity (Wildman–Crippen MR) is 97.7 cm³/mol. The second-order valence-electron chi connectivity index (χ2n) is 5.54. The minimum Gasteiger partial charge on any atom is -0.493 e. The van der Waals surface area contributed by atoms with Gasteiger partial charge >= 0.3 is 0 Å². The average Bonchev–Trinajstić information content (AvgIpc) is 2.66. The summed E-state index contributed by atoms with van der Waals surface area (Å²) in [5.41, 5.74) is 0.936. The lowest BCUT2D eigenvalue weighted by Crippen LogP contribution is -2.38. The van der Waals surface area contributed by atoms with E-state index in [0.717, 1.165) is 9.87 Å². The summed E-state index contributed by atoms with van der Waals surface area (Å²) in [6.07, 6.45) is 0. The van der Waals surface area contributed by atoms with Crippen LogP contribution in [0, 0.1) is 0 Å². The van der Waals surface area contributed by atoms with Crippen LogP contribution < -0.4 is 14.8 Å². The highest BCUT2D eigenvalue weighted by molar-refractivity contribution is 7.89. The smallest absolute Gasteiger partial charge is 0.243 e. The number of carbonyl (C=O) groups excluding carboxylic acids is 1. The van der Waals surface area contributed by atoms with Gasteiger partial charge in [-0.3, -0.25) is 4.79 Å². The standard InChI is InChI=1S/C18H22N2O5S/c1-20(13-18(21)19-12-14-7-5-4-6-8-14)26(22,23)15-9-10-16(24-2)17(11-15)25-3/h4-11H,12-13H2,1-3H3,(H,19,21). The van der Waals surface area contributed by atoms with Crippen molar-refractivity contribution in [2.24, 2.45) is 0 Å². The molecule has 0 aliphatic heterocycles. The Labute approximate surface area is 153 Å². The fourth-order valence-electron chi connectivity index (χ4n) is 2.30. The van der Waals surface area contributed by atoms with Gasteiger partial charge in [0.25, 0.3) is 0 Å². The Hall–Kier alpha value is -2.58. The van der Waals surface area contributed by atoms with Crippen molar-refractivity contribution in [3.63, 3.8) is 0 Å². The summed E-state index contributed by atoms with van der Waals surface area (Å²) in [6.45, 7) is 0.0490. The first-order valence-corrected chi connectivity index (χ1v) is 9.31. The van der Waals surface area contributed by atoms with Crippen molar-refractivity contribution in [2.75, 3.05) is 27.8 Å². The van der Waals surface area contributed by atoms with Gasteiger partial charge in [-0.25, -0.2) is 8.42 Å². The van der Waals surface area contributed by atoms with Crippen LogP contribution in [0.4, 0.5) is 0 Å². The number of rotatable bonds is 8. The third-order valence-corrected chi connectivity index (χ3v) is 5.56. The molecule has 26 heavy (non-hydrogen) atoms. The zero-order valence-corrected chi connectivity index (χ0v) is 15.7. The number of ether oxygens (including phenoxy) is 2. The number of carbonyl (C=O) groups is 1. The van der Waals surface area contributed by atoms with Crippen LogP contribution in [0.2, 0.25) is 0 Å². The molecule has 2 rings (SSSR count). The summed E-state index contributed by atoms with van der Waals surface area (Å²) in [7, 11) is 0.411. The molecule has 0 aliphatic rings. The van der Waals surface area contributed by atoms with Gasteiger partial charge in [-0.15, -0.1) is 0 Å². The SMILES string of the molecule is COc1ccc(S(=O)(=O)N(C)CC(=O)NCc2ccccc2)cc1OC. The van der Waals surface area contributed by atoms with E-state index in [0.29, 0.717) is 18.0 Å². The van der Waals surface area contributed by atoms with E-state index in [9.17, 15) is 13.2 Å². The van der Waals surface area contributed by atoms with Crippen LogP contribution in [0.25, 0.3) is 0 Å². The molecule has 0 unspecified atom stereocenters. The number of nitrogens with one attached hydrogen (secondary N) is 1. The van der Waals surface area contributed by atoms with Crippen molar-refractivity contribution in [2.45, 2.75) is 11.4 Å². The summed E-state index contributed by atoms with van der Waals surface area (Å²) in [5, 5.41) is 2.70. The number of sulfonamides is 1. The molecule has 0 saturated heterocycles. The van der Waals surface area contributed by atoms with Crippen molar-refractivity contribution < 1.29 is 22.7 Å². The van der Waals surface area contributed by atoms with E-state index in [1.54, 1.807) is 0 Å². The maximum Gasteiger partial charge on any atom is 0.243 e. The number of benzene rings is 2. The second-order valence-corrected chi connectivity index (χ2v) is 7.59. The molecule has 0 bridgehead atoms. The number of likely N-dealkylation sites (N-methyl/N-ethyl adjacent to an activating group) is 1. The third kappa shape index (κ3) is 4.74. The molecule has 0 atom stereocenters. The molecule has 8 heteroatoms. The maximum absolute atomic E-state index is 12.7. The van der Waals surface area contributed by atoms with Gasteiger partial charge in [-0.1, -0.05) is 30.3 Å². The molecule has 1 N–H and O–H groups in total. The van der Waals surface area contributed by atoms with E-state index >= 15 is 0 Å². The molecule has 0 saturated carbocycles. The molecular weight excluding hydrogens is 356 g/mol. The van der Waals surface area contributed by atoms with Crippen LogP contribution in [0.3, 0.4) is 0 Å². The monoisotopic (exact) mass is 378 g/mol. The van der Waals surface area contributed by atoms with E-state index in [-0.39, 0.29) is 17.3 Å². The molecular formula is C18H22N2O5S. The van der Waals surface area contributed by atoms with E-state index in [2.05, 4.69) is 5.32 Å². The van der Waals surface area contributed by atoms with Crippen LogP contribution in [-0.4, -0.2) is 46.4 Å². The van der Waals surface area contributed by atoms with Gasteiger partial charge in [-0.05, 0) is 17.7 Å². The van der Waals surface area contributed by atoms with E-state index < -0.39 is 10.0 Å². The van der Waals surface area contributed by atoms with Crippen LogP contribution in [0.5, 0.6) is 11.5 Å². The lowest BCUT2D eigenvalue weighted by Gasteiger charge is -2.18. The number of amides is 1. The van der Waals surface area contributed by atoms with Crippen molar-refractivity contribution in [3.8, 4) is 11.5 Å². The Bertz CT molecular complexity index is 853. The highest BCUT2D eigenvalue weighted by Gasteiger charge is 2.24. The average molecular weight is 378 g/mol. The Kier molecular flexibility index (Phi) is 6.59. The quantitative estimate of drug-likeness (QED) is 0.755. The Morgan fingerprint density at radius 1 is 1.04 bits per heavy atom. The van der Waals surface area contributed by atoms with Gasteiger partial charge in [0.15, 0.2) is 11.5 Å². The van der Waals surface area contributed by atoms with Gasteiger partial charge in [0.05, 0.1) is 25.7 Å². The third-order valence-electron chi connectivity index (χ3n) is 3.76. The molecule has 0 heterocycles. The van der Waals surface area contributed by atoms with Gasteiger partial charge in [0.1, 0.15) is 0 Å². The van der Waals surface area contributed by atoms with Crippen molar-refractivity contribution in [3.05, 3.63) is 54.1 Å². The molecule has 0 aliphatic carbocycles. The highest BCUT2D eigenvalue weighted by atomic mass is 32.2. The first kappa shape index (κ1) is 19.7. The van der Waals surface area contributed by atoms with E-state index in [1.165, 1.54) is 39.5 Å². The largest absolute Gasteiger partial charge is 0.493 e. The molecule has 140 valence electrons. The summed E-state index contributed by atoms with van der Waals surface area (Å²) >= 11 is 0. The van der Waals surface area contributed by atoms with E-state index in [1.807, 2.05) is 30.3 Å². The molecule has 0 radical (unpaired) electrons.